The molecule has 0 fully saturated rings. The van der Waals surface area contributed by atoms with Gasteiger partial charge in [0.05, 0.1) is 7.11 Å². The van der Waals surface area contributed by atoms with Crippen LogP contribution in [0.15, 0.2) is 24.3 Å². The van der Waals surface area contributed by atoms with Crippen molar-refractivity contribution in [3.63, 3.8) is 0 Å². The monoisotopic (exact) mass is 267 g/mol. The highest BCUT2D eigenvalue weighted by Gasteiger charge is 1.98. The largest absolute Gasteiger partial charge is 0.497 e. The van der Waals surface area contributed by atoms with Gasteiger partial charge in [0.15, 0.2) is 5.11 Å². The van der Waals surface area contributed by atoms with Crippen molar-refractivity contribution in [2.75, 3.05) is 39.6 Å². The number of thiocarbonyl (C=S) groups is 1. The van der Waals surface area contributed by atoms with Crippen molar-refractivity contribution in [1.82, 2.24) is 10.2 Å². The quantitative estimate of drug-likeness (QED) is 0.608. The Morgan fingerprint density at radius 2 is 1.94 bits per heavy atom. The Balaban J connectivity index is 2.26. The van der Waals surface area contributed by atoms with E-state index in [0.717, 1.165) is 30.9 Å². The number of rotatable bonds is 6. The van der Waals surface area contributed by atoms with E-state index in [1.807, 2.05) is 24.3 Å². The van der Waals surface area contributed by atoms with Crippen molar-refractivity contribution < 1.29 is 4.74 Å². The first-order valence-electron chi connectivity index (χ1n) is 5.95. The van der Waals surface area contributed by atoms with Gasteiger partial charge in [0.1, 0.15) is 5.75 Å². The maximum absolute atomic E-state index is 5.21. The number of anilines is 1. The summed E-state index contributed by atoms with van der Waals surface area (Å²) in [6, 6.07) is 7.67. The van der Waals surface area contributed by atoms with Gasteiger partial charge in [0.25, 0.3) is 0 Å². The van der Waals surface area contributed by atoms with Crippen molar-refractivity contribution in [3.8, 4) is 5.75 Å². The molecule has 1 aromatic rings. The molecule has 0 heterocycles. The maximum atomic E-state index is 5.21. The van der Waals surface area contributed by atoms with E-state index in [0.29, 0.717) is 5.11 Å². The van der Waals surface area contributed by atoms with E-state index < -0.39 is 0 Å². The molecule has 1 aromatic carbocycles. The third kappa shape index (κ3) is 5.84. The number of ether oxygens (including phenoxy) is 1. The number of nitrogens with one attached hydrogen (secondary N) is 2. The Labute approximate surface area is 114 Å². The van der Waals surface area contributed by atoms with E-state index in [2.05, 4.69) is 29.6 Å². The van der Waals surface area contributed by atoms with Gasteiger partial charge >= 0.3 is 0 Å². The third-order valence-electron chi connectivity index (χ3n) is 2.42. The topological polar surface area (TPSA) is 36.5 Å². The molecular weight excluding hydrogens is 246 g/mol. The fourth-order valence-electron chi connectivity index (χ4n) is 1.45. The molecule has 0 bridgehead atoms. The Morgan fingerprint density at radius 1 is 1.28 bits per heavy atom. The normalized spacial score (nSPS) is 10.2. The van der Waals surface area contributed by atoms with Gasteiger partial charge in [-0.15, -0.1) is 0 Å². The van der Waals surface area contributed by atoms with Crippen LogP contribution >= 0.6 is 12.2 Å². The Kier molecular flexibility index (Phi) is 6.46. The molecule has 18 heavy (non-hydrogen) atoms. The van der Waals surface area contributed by atoms with E-state index in [-0.39, 0.29) is 0 Å². The van der Waals surface area contributed by atoms with Gasteiger partial charge in [-0.2, -0.15) is 0 Å². The minimum Gasteiger partial charge on any atom is -0.497 e. The van der Waals surface area contributed by atoms with Crippen molar-refractivity contribution in [2.45, 2.75) is 6.42 Å². The number of hydrogen-bond donors (Lipinski definition) is 2. The molecule has 0 aliphatic rings. The SMILES string of the molecule is COc1ccc(NC(=S)NCCCN(C)C)cc1. The lowest BCUT2D eigenvalue weighted by atomic mass is 10.3. The fourth-order valence-corrected chi connectivity index (χ4v) is 1.67. The summed E-state index contributed by atoms with van der Waals surface area (Å²) in [4.78, 5) is 2.15. The molecule has 2 N–H and O–H groups in total. The van der Waals surface area contributed by atoms with Crippen LogP contribution in [0, 0.1) is 0 Å². The van der Waals surface area contributed by atoms with Gasteiger partial charge < -0.3 is 20.3 Å². The Bertz CT molecular complexity index is 365. The van der Waals surface area contributed by atoms with Gasteiger partial charge in [-0.1, -0.05) is 0 Å². The van der Waals surface area contributed by atoms with E-state index in [1.54, 1.807) is 7.11 Å². The molecular formula is C13H21N3OS. The molecule has 0 radical (unpaired) electrons. The second-order valence-electron chi connectivity index (χ2n) is 4.27. The highest BCUT2D eigenvalue weighted by Crippen LogP contribution is 2.14. The third-order valence-corrected chi connectivity index (χ3v) is 2.66. The standard InChI is InChI=1S/C13H21N3OS/c1-16(2)10-4-9-14-13(18)15-11-5-7-12(17-3)8-6-11/h5-8H,4,9-10H2,1-3H3,(H2,14,15,18). The molecule has 5 heteroatoms. The van der Waals surface area contributed by atoms with Crippen LogP contribution in [0.2, 0.25) is 0 Å². The van der Waals surface area contributed by atoms with Crippen LogP contribution < -0.4 is 15.4 Å². The first-order valence-corrected chi connectivity index (χ1v) is 6.36. The molecule has 100 valence electrons. The highest BCUT2D eigenvalue weighted by atomic mass is 32.1. The molecule has 0 saturated carbocycles. The summed E-state index contributed by atoms with van der Waals surface area (Å²) < 4.78 is 5.10. The van der Waals surface area contributed by atoms with Gasteiger partial charge in [-0.05, 0) is 63.5 Å². The predicted octanol–water partition coefficient (Wildman–Crippen LogP) is 1.93. The van der Waals surface area contributed by atoms with E-state index in [1.165, 1.54) is 0 Å². The van der Waals surface area contributed by atoms with Crippen LogP contribution in [0.4, 0.5) is 5.69 Å². The van der Waals surface area contributed by atoms with Crippen molar-refractivity contribution in [1.29, 1.82) is 0 Å². The average molecular weight is 267 g/mol. The predicted molar refractivity (Wildman–Crippen MR) is 80.4 cm³/mol. The summed E-state index contributed by atoms with van der Waals surface area (Å²) in [5.41, 5.74) is 0.959. The van der Waals surface area contributed by atoms with Crippen LogP contribution in [0.5, 0.6) is 5.75 Å². The summed E-state index contributed by atoms with van der Waals surface area (Å²) in [6.07, 6.45) is 1.07. The first kappa shape index (κ1) is 14.7. The number of nitrogens with zero attached hydrogens (tertiary/aromatic N) is 1. The van der Waals surface area contributed by atoms with Crippen molar-refractivity contribution in [3.05, 3.63) is 24.3 Å². The summed E-state index contributed by atoms with van der Waals surface area (Å²) in [5, 5.41) is 6.96. The number of methoxy groups -OCH3 is 1. The molecule has 0 aromatic heterocycles. The minimum atomic E-state index is 0.652. The second-order valence-corrected chi connectivity index (χ2v) is 4.67. The van der Waals surface area contributed by atoms with Crippen molar-refractivity contribution >= 4 is 23.0 Å². The smallest absolute Gasteiger partial charge is 0.170 e. The molecule has 1 rings (SSSR count). The fraction of sp³-hybridized carbons (Fsp3) is 0.462. The van der Waals surface area contributed by atoms with Gasteiger partial charge in [0, 0.05) is 12.2 Å². The lowest BCUT2D eigenvalue weighted by Crippen LogP contribution is -2.30. The molecule has 0 saturated heterocycles. The van der Waals surface area contributed by atoms with Gasteiger partial charge in [-0.3, -0.25) is 0 Å². The number of hydrogen-bond acceptors (Lipinski definition) is 3. The minimum absolute atomic E-state index is 0.652. The average Bonchev–Trinajstić information content (AvgIpc) is 2.35. The van der Waals surface area contributed by atoms with Crippen LogP contribution in [0.3, 0.4) is 0 Å². The summed E-state index contributed by atoms with van der Waals surface area (Å²) >= 11 is 5.21. The second kappa shape index (κ2) is 7.89. The summed E-state index contributed by atoms with van der Waals surface area (Å²) in [7, 11) is 5.78. The van der Waals surface area contributed by atoms with Crippen LogP contribution in [0.1, 0.15) is 6.42 Å². The zero-order chi connectivity index (χ0) is 13.4. The lowest BCUT2D eigenvalue weighted by molar-refractivity contribution is 0.400. The van der Waals surface area contributed by atoms with Crippen LogP contribution in [-0.4, -0.2) is 44.3 Å². The molecule has 0 atom stereocenters. The molecule has 0 spiro atoms. The molecule has 0 aliphatic heterocycles. The molecule has 0 amide bonds. The van der Waals surface area contributed by atoms with Crippen LogP contribution in [0.25, 0.3) is 0 Å². The van der Waals surface area contributed by atoms with Crippen molar-refractivity contribution in [2.24, 2.45) is 0 Å². The van der Waals surface area contributed by atoms with Crippen LogP contribution in [-0.2, 0) is 0 Å². The highest BCUT2D eigenvalue weighted by molar-refractivity contribution is 7.80. The zero-order valence-corrected chi connectivity index (χ0v) is 12.0. The summed E-state index contributed by atoms with van der Waals surface area (Å²) in [5.74, 6) is 0.838. The van der Waals surface area contributed by atoms with E-state index >= 15 is 0 Å². The van der Waals surface area contributed by atoms with E-state index in [4.69, 9.17) is 17.0 Å². The molecule has 0 aliphatic carbocycles. The first-order chi connectivity index (χ1) is 8.61. The molecule has 4 nitrogen and oxygen atoms in total. The Hall–Kier alpha value is -1.33. The van der Waals surface area contributed by atoms with Gasteiger partial charge in [-0.25, -0.2) is 0 Å². The summed E-state index contributed by atoms with van der Waals surface area (Å²) in [6.45, 7) is 1.93. The zero-order valence-electron chi connectivity index (χ0n) is 11.2. The Morgan fingerprint density at radius 3 is 2.50 bits per heavy atom. The lowest BCUT2D eigenvalue weighted by Gasteiger charge is -2.12. The maximum Gasteiger partial charge on any atom is 0.170 e. The van der Waals surface area contributed by atoms with E-state index in [9.17, 15) is 0 Å². The molecule has 0 unspecified atom stereocenters. The van der Waals surface area contributed by atoms with Gasteiger partial charge in [0.2, 0.25) is 0 Å². The number of benzene rings is 1.